The maximum Gasteiger partial charge on any atom is 0.230 e. The van der Waals surface area contributed by atoms with E-state index in [1.807, 2.05) is 66.4 Å². The molecule has 0 saturated heterocycles. The molecule has 0 bridgehead atoms. The Morgan fingerprint density at radius 2 is 1.94 bits per heavy atom. The first-order chi connectivity index (χ1) is 14.9. The second kappa shape index (κ2) is 7.37. The third-order valence-corrected chi connectivity index (χ3v) is 6.00. The molecule has 3 aromatic rings. The predicted octanol–water partition coefficient (Wildman–Crippen LogP) is 2.83. The van der Waals surface area contributed by atoms with Crippen LogP contribution >= 0.6 is 0 Å². The Kier molecular flexibility index (Phi) is 4.64. The number of carbonyl (C=O) groups excluding carboxylic acids is 2. The monoisotopic (exact) mass is 418 g/mol. The van der Waals surface area contributed by atoms with Crippen molar-refractivity contribution in [2.45, 2.75) is 39.3 Å². The number of aryl methyl sites for hydroxylation is 1. The summed E-state index contributed by atoms with van der Waals surface area (Å²) in [6.45, 7) is 4.68. The molecule has 1 aliphatic heterocycles. The highest BCUT2D eigenvalue weighted by atomic mass is 16.2. The Hall–Kier alpha value is -3.42. The van der Waals surface area contributed by atoms with E-state index in [0.717, 1.165) is 41.0 Å². The Labute approximate surface area is 181 Å². The summed E-state index contributed by atoms with van der Waals surface area (Å²) in [5.74, 6) is 0.274. The molecule has 8 heteroatoms. The van der Waals surface area contributed by atoms with Gasteiger partial charge < -0.3 is 9.80 Å². The molecule has 8 nitrogen and oxygen atoms in total. The van der Waals surface area contributed by atoms with Gasteiger partial charge in [-0.1, -0.05) is 6.07 Å². The van der Waals surface area contributed by atoms with Crippen LogP contribution < -0.4 is 9.80 Å². The molecule has 0 radical (unpaired) electrons. The second-order valence-electron chi connectivity index (χ2n) is 8.57. The third-order valence-electron chi connectivity index (χ3n) is 6.00. The van der Waals surface area contributed by atoms with Gasteiger partial charge in [0.1, 0.15) is 0 Å². The van der Waals surface area contributed by atoms with E-state index in [1.54, 1.807) is 16.5 Å². The average Bonchev–Trinajstić information content (AvgIpc) is 3.36. The van der Waals surface area contributed by atoms with Crippen LogP contribution in [0.4, 0.5) is 11.4 Å². The van der Waals surface area contributed by atoms with Crippen LogP contribution in [0.5, 0.6) is 0 Å². The fourth-order valence-corrected chi connectivity index (χ4v) is 4.36. The standard InChI is InChI=1S/C23H26N6O2/c1-15-12-28(23(31)17-4-5-17)22-10-18(6-7-21(22)29(15)16(2)30)19-11-24-27(13-19)14-20-8-9-26(3)25-20/h6-11,13,15,17H,4-5,12,14H2,1-3H3/t15-/m0/s1. The molecule has 3 heterocycles. The first-order valence-electron chi connectivity index (χ1n) is 10.7. The number of benzene rings is 1. The van der Waals surface area contributed by atoms with Crippen LogP contribution in [-0.2, 0) is 23.2 Å². The predicted molar refractivity (Wildman–Crippen MR) is 118 cm³/mol. The van der Waals surface area contributed by atoms with Crippen LogP contribution in [0, 0.1) is 5.92 Å². The van der Waals surface area contributed by atoms with Gasteiger partial charge in [-0.25, -0.2) is 0 Å². The number of fused-ring (bicyclic) bond motifs is 1. The average molecular weight is 419 g/mol. The normalized spacial score (nSPS) is 18.2. The second-order valence-corrected chi connectivity index (χ2v) is 8.57. The van der Waals surface area contributed by atoms with Crippen LogP contribution in [-0.4, -0.2) is 44.0 Å². The van der Waals surface area contributed by atoms with Crippen molar-refractivity contribution >= 4 is 23.2 Å². The largest absolute Gasteiger partial charge is 0.308 e. The highest BCUT2D eigenvalue weighted by molar-refractivity contribution is 6.06. The van der Waals surface area contributed by atoms with Crippen LogP contribution in [0.2, 0.25) is 0 Å². The Morgan fingerprint density at radius 3 is 2.61 bits per heavy atom. The molecule has 2 aliphatic rings. The lowest BCUT2D eigenvalue weighted by atomic mass is 10.0. The summed E-state index contributed by atoms with van der Waals surface area (Å²) < 4.78 is 3.63. The third kappa shape index (κ3) is 3.62. The Balaban J connectivity index is 1.49. The summed E-state index contributed by atoms with van der Waals surface area (Å²) in [6, 6.07) is 7.87. The number of anilines is 2. The first-order valence-corrected chi connectivity index (χ1v) is 10.7. The molecule has 2 amide bonds. The first kappa shape index (κ1) is 19.5. The molecule has 1 aliphatic carbocycles. The van der Waals surface area contributed by atoms with Crippen molar-refractivity contribution in [3.8, 4) is 11.1 Å². The SMILES string of the molecule is CC(=O)N1c2ccc(-c3cnn(Cc4ccn(C)n4)c3)cc2N(C(=O)C2CC2)C[C@@H]1C. The van der Waals surface area contributed by atoms with Gasteiger partial charge in [0.15, 0.2) is 0 Å². The molecule has 0 N–H and O–H groups in total. The van der Waals surface area contributed by atoms with Crippen LogP contribution in [0.15, 0.2) is 42.9 Å². The minimum absolute atomic E-state index is 0.0109. The van der Waals surface area contributed by atoms with Crippen molar-refractivity contribution in [1.29, 1.82) is 0 Å². The fraction of sp³-hybridized carbons (Fsp3) is 0.391. The lowest BCUT2D eigenvalue weighted by molar-refractivity contribution is -0.120. The Morgan fingerprint density at radius 1 is 1.13 bits per heavy atom. The van der Waals surface area contributed by atoms with Crippen LogP contribution in [0.1, 0.15) is 32.4 Å². The summed E-state index contributed by atoms with van der Waals surface area (Å²) in [5, 5.41) is 8.88. The molecule has 0 spiro atoms. The summed E-state index contributed by atoms with van der Waals surface area (Å²) >= 11 is 0. The molecule has 31 heavy (non-hydrogen) atoms. The van der Waals surface area contributed by atoms with E-state index in [1.165, 1.54) is 0 Å². The van der Waals surface area contributed by atoms with Crippen molar-refractivity contribution in [3.05, 3.63) is 48.5 Å². The van der Waals surface area contributed by atoms with Gasteiger partial charge >= 0.3 is 0 Å². The van der Waals surface area contributed by atoms with E-state index in [2.05, 4.69) is 10.2 Å². The molecule has 160 valence electrons. The van der Waals surface area contributed by atoms with Gasteiger partial charge in [0.25, 0.3) is 0 Å². The minimum atomic E-state index is -0.0559. The molecule has 5 rings (SSSR count). The lowest BCUT2D eigenvalue weighted by Gasteiger charge is -2.41. The number of nitrogens with zero attached hydrogens (tertiary/aromatic N) is 6. The number of hydrogen-bond acceptors (Lipinski definition) is 4. The topological polar surface area (TPSA) is 76.3 Å². The fourth-order valence-electron chi connectivity index (χ4n) is 4.36. The lowest BCUT2D eigenvalue weighted by Crippen LogP contribution is -2.51. The quantitative estimate of drug-likeness (QED) is 0.653. The van der Waals surface area contributed by atoms with Gasteiger partial charge in [-0.05, 0) is 43.5 Å². The molecular weight excluding hydrogens is 392 g/mol. The Bertz CT molecular complexity index is 1160. The number of hydrogen-bond donors (Lipinski definition) is 0. The van der Waals surface area contributed by atoms with Crippen molar-refractivity contribution < 1.29 is 9.59 Å². The molecule has 1 atom stereocenters. The van der Waals surface area contributed by atoms with Crippen molar-refractivity contribution in [2.24, 2.45) is 13.0 Å². The van der Waals surface area contributed by atoms with Crippen molar-refractivity contribution in [1.82, 2.24) is 19.6 Å². The van der Waals surface area contributed by atoms with E-state index >= 15 is 0 Å². The molecule has 2 aromatic heterocycles. The summed E-state index contributed by atoms with van der Waals surface area (Å²) in [7, 11) is 1.89. The molecule has 1 fully saturated rings. The van der Waals surface area contributed by atoms with E-state index < -0.39 is 0 Å². The van der Waals surface area contributed by atoms with Crippen LogP contribution in [0.3, 0.4) is 0 Å². The van der Waals surface area contributed by atoms with Gasteiger partial charge in [0, 0.05) is 44.4 Å². The van der Waals surface area contributed by atoms with Gasteiger partial charge in [0.05, 0.1) is 35.9 Å². The molecule has 1 saturated carbocycles. The maximum atomic E-state index is 13.0. The molecule has 1 aromatic carbocycles. The zero-order chi connectivity index (χ0) is 21.7. The van der Waals surface area contributed by atoms with E-state index in [4.69, 9.17) is 0 Å². The van der Waals surface area contributed by atoms with E-state index in [0.29, 0.717) is 13.1 Å². The van der Waals surface area contributed by atoms with Crippen molar-refractivity contribution in [2.75, 3.05) is 16.3 Å². The highest BCUT2D eigenvalue weighted by Crippen LogP contribution is 2.42. The zero-order valence-electron chi connectivity index (χ0n) is 18.0. The molecular formula is C23H26N6O2. The molecule has 0 unspecified atom stereocenters. The zero-order valence-corrected chi connectivity index (χ0v) is 18.0. The smallest absolute Gasteiger partial charge is 0.230 e. The van der Waals surface area contributed by atoms with Crippen LogP contribution in [0.25, 0.3) is 11.1 Å². The summed E-state index contributed by atoms with van der Waals surface area (Å²) in [4.78, 5) is 29.0. The number of aromatic nitrogens is 4. The van der Waals surface area contributed by atoms with E-state index in [9.17, 15) is 9.59 Å². The maximum absolute atomic E-state index is 13.0. The number of amides is 2. The van der Waals surface area contributed by atoms with Gasteiger partial charge in [-0.3, -0.25) is 19.0 Å². The van der Waals surface area contributed by atoms with Gasteiger partial charge in [-0.2, -0.15) is 10.2 Å². The summed E-state index contributed by atoms with van der Waals surface area (Å²) in [6.07, 6.45) is 7.63. The highest BCUT2D eigenvalue weighted by Gasteiger charge is 2.39. The van der Waals surface area contributed by atoms with E-state index in [-0.39, 0.29) is 23.8 Å². The van der Waals surface area contributed by atoms with Gasteiger partial charge in [-0.15, -0.1) is 0 Å². The number of rotatable bonds is 4. The van der Waals surface area contributed by atoms with Crippen molar-refractivity contribution in [3.63, 3.8) is 0 Å². The van der Waals surface area contributed by atoms with Gasteiger partial charge in [0.2, 0.25) is 11.8 Å². The number of carbonyl (C=O) groups is 2. The summed E-state index contributed by atoms with van der Waals surface area (Å²) in [5.41, 5.74) is 4.48. The minimum Gasteiger partial charge on any atom is -0.308 e.